The van der Waals surface area contributed by atoms with Crippen molar-refractivity contribution in [1.82, 2.24) is 0 Å². The number of amides is 1. The van der Waals surface area contributed by atoms with Gasteiger partial charge in [0.25, 0.3) is 0 Å². The van der Waals surface area contributed by atoms with Crippen LogP contribution in [0.4, 0.5) is 14.5 Å². The molecule has 0 aliphatic rings. The van der Waals surface area contributed by atoms with Gasteiger partial charge < -0.3 is 21.3 Å². The summed E-state index contributed by atoms with van der Waals surface area (Å²) in [5.41, 5.74) is 4.31. The summed E-state index contributed by atoms with van der Waals surface area (Å²) in [4.78, 5) is 32.9. The third-order valence-electron chi connectivity index (χ3n) is 2.55. The Bertz CT molecular complexity index is 591. The van der Waals surface area contributed by atoms with E-state index < -0.39 is 46.8 Å². The van der Waals surface area contributed by atoms with Crippen molar-refractivity contribution in [1.29, 1.82) is 0 Å². The average Bonchev–Trinajstić information content (AvgIpc) is 2.39. The Hall–Kier alpha value is -2.55. The summed E-state index contributed by atoms with van der Waals surface area (Å²) in [6, 6.07) is -0.285. The average molecular weight is 302 g/mol. The van der Waals surface area contributed by atoms with E-state index >= 15 is 0 Å². The first-order chi connectivity index (χ1) is 9.72. The van der Waals surface area contributed by atoms with Gasteiger partial charge in [-0.05, 0) is 12.5 Å². The summed E-state index contributed by atoms with van der Waals surface area (Å²) in [5.74, 6) is -6.33. The summed E-state index contributed by atoms with van der Waals surface area (Å²) in [7, 11) is 0. The molecule has 0 aliphatic carbocycles. The van der Waals surface area contributed by atoms with Gasteiger partial charge in [0, 0.05) is 12.5 Å². The summed E-state index contributed by atoms with van der Waals surface area (Å²) in [5, 5.41) is 19.4. The van der Waals surface area contributed by atoms with Crippen molar-refractivity contribution in [2.45, 2.75) is 18.9 Å². The molecule has 21 heavy (non-hydrogen) atoms. The quantitative estimate of drug-likeness (QED) is 0.615. The number of rotatable bonds is 6. The molecule has 0 fully saturated rings. The third kappa shape index (κ3) is 4.49. The number of carboxylic acids is 2. The first kappa shape index (κ1) is 16.5. The van der Waals surface area contributed by atoms with Crippen LogP contribution in [-0.2, 0) is 9.59 Å². The predicted molar refractivity (Wildman–Crippen MR) is 66.8 cm³/mol. The van der Waals surface area contributed by atoms with Crippen molar-refractivity contribution in [3.63, 3.8) is 0 Å². The Labute approximate surface area is 117 Å². The molecule has 1 unspecified atom stereocenters. The number of benzene rings is 1. The van der Waals surface area contributed by atoms with Gasteiger partial charge in [-0.2, -0.15) is 0 Å². The van der Waals surface area contributed by atoms with Crippen LogP contribution in [0.3, 0.4) is 0 Å². The van der Waals surface area contributed by atoms with Crippen molar-refractivity contribution in [3.8, 4) is 0 Å². The zero-order valence-corrected chi connectivity index (χ0v) is 10.6. The summed E-state index contributed by atoms with van der Waals surface area (Å²) < 4.78 is 26.1. The van der Waals surface area contributed by atoms with Crippen molar-refractivity contribution in [2.75, 3.05) is 5.32 Å². The van der Waals surface area contributed by atoms with E-state index in [4.69, 9.17) is 15.9 Å². The van der Waals surface area contributed by atoms with Gasteiger partial charge in [0.05, 0.1) is 17.3 Å². The fraction of sp³-hybridized carbons (Fsp3) is 0.250. The molecular formula is C12H12F2N2O5. The van der Waals surface area contributed by atoms with E-state index in [1.807, 2.05) is 5.32 Å². The first-order valence-electron chi connectivity index (χ1n) is 5.73. The Morgan fingerprint density at radius 2 is 1.76 bits per heavy atom. The van der Waals surface area contributed by atoms with Gasteiger partial charge in [0.2, 0.25) is 5.91 Å². The zero-order valence-electron chi connectivity index (χ0n) is 10.6. The van der Waals surface area contributed by atoms with Crippen LogP contribution in [0, 0.1) is 11.6 Å². The molecule has 0 radical (unpaired) electrons. The van der Waals surface area contributed by atoms with Crippen molar-refractivity contribution in [3.05, 3.63) is 29.3 Å². The van der Waals surface area contributed by atoms with Gasteiger partial charge in [-0.25, -0.2) is 13.6 Å². The lowest BCUT2D eigenvalue weighted by Gasteiger charge is -2.13. The van der Waals surface area contributed by atoms with Crippen molar-refractivity contribution >= 4 is 23.5 Å². The number of hydrogen-bond acceptors (Lipinski definition) is 4. The van der Waals surface area contributed by atoms with E-state index in [2.05, 4.69) is 0 Å². The number of hydrogen-bond donors (Lipinski definition) is 4. The fourth-order valence-corrected chi connectivity index (χ4v) is 1.46. The number of carbonyl (C=O) groups excluding carboxylic acids is 1. The maximum Gasteiger partial charge on any atom is 0.337 e. The molecule has 0 saturated heterocycles. The second-order valence-corrected chi connectivity index (χ2v) is 4.15. The Balaban J connectivity index is 2.91. The molecule has 114 valence electrons. The zero-order chi connectivity index (χ0) is 16.2. The lowest BCUT2D eigenvalue weighted by molar-refractivity contribution is -0.137. The Morgan fingerprint density at radius 1 is 1.19 bits per heavy atom. The number of nitrogens with one attached hydrogen (secondary N) is 1. The topological polar surface area (TPSA) is 130 Å². The van der Waals surface area contributed by atoms with Crippen LogP contribution in [-0.4, -0.2) is 34.1 Å². The Morgan fingerprint density at radius 3 is 2.29 bits per heavy atom. The molecule has 0 heterocycles. The maximum absolute atomic E-state index is 13.1. The number of carboxylic acid groups (broad SMARTS) is 2. The van der Waals surface area contributed by atoms with Crippen molar-refractivity contribution < 1.29 is 33.4 Å². The highest BCUT2D eigenvalue weighted by atomic mass is 19.2. The monoisotopic (exact) mass is 302 g/mol. The van der Waals surface area contributed by atoms with E-state index in [9.17, 15) is 23.2 Å². The first-order valence-corrected chi connectivity index (χ1v) is 5.73. The number of aliphatic carboxylic acids is 1. The molecule has 0 aliphatic heterocycles. The molecule has 5 N–H and O–H groups in total. The fourth-order valence-electron chi connectivity index (χ4n) is 1.46. The highest BCUT2D eigenvalue weighted by molar-refractivity contribution is 6.02. The smallest absolute Gasteiger partial charge is 0.337 e. The molecule has 1 atom stereocenters. The maximum atomic E-state index is 13.1. The van der Waals surface area contributed by atoms with Gasteiger partial charge in [-0.15, -0.1) is 0 Å². The minimum Gasteiger partial charge on any atom is -0.481 e. The molecule has 1 aromatic rings. The van der Waals surface area contributed by atoms with Crippen molar-refractivity contribution in [2.24, 2.45) is 5.73 Å². The van der Waals surface area contributed by atoms with Crippen LogP contribution in [0.25, 0.3) is 0 Å². The summed E-state index contributed by atoms with van der Waals surface area (Å²) in [6.45, 7) is 0. The molecule has 7 nitrogen and oxygen atoms in total. The molecule has 1 rings (SSSR count). The van der Waals surface area contributed by atoms with Gasteiger partial charge >= 0.3 is 11.9 Å². The largest absolute Gasteiger partial charge is 0.481 e. The van der Waals surface area contributed by atoms with Gasteiger partial charge in [-0.3, -0.25) is 9.59 Å². The molecule has 0 saturated carbocycles. The van der Waals surface area contributed by atoms with E-state index in [1.54, 1.807) is 0 Å². The van der Waals surface area contributed by atoms with E-state index in [1.165, 1.54) is 0 Å². The molecular weight excluding hydrogens is 290 g/mol. The second kappa shape index (κ2) is 6.75. The molecule has 1 aromatic carbocycles. The van der Waals surface area contributed by atoms with E-state index in [-0.39, 0.29) is 12.8 Å². The van der Waals surface area contributed by atoms with Crippen LogP contribution in [0.15, 0.2) is 12.1 Å². The summed E-state index contributed by atoms with van der Waals surface area (Å²) in [6.07, 6.45) is -0.550. The predicted octanol–water partition coefficient (Wildman–Crippen LogP) is 0.794. The standard InChI is InChI=1S/C12H12F2N2O5/c13-6-3-5(12(20)21)9(4-7(6)14)16-11(19)8(15)1-2-10(17)18/h3-4,8H,1-2,15H2,(H,16,19)(H,17,18)(H,20,21). The van der Waals surface area contributed by atoms with Gasteiger partial charge in [0.1, 0.15) is 0 Å². The number of halogens is 2. The summed E-state index contributed by atoms with van der Waals surface area (Å²) >= 11 is 0. The van der Waals surface area contributed by atoms with Crippen LogP contribution in [0.1, 0.15) is 23.2 Å². The normalized spacial score (nSPS) is 11.8. The third-order valence-corrected chi connectivity index (χ3v) is 2.55. The SMILES string of the molecule is NC(CCC(=O)O)C(=O)Nc1cc(F)c(F)cc1C(=O)O. The van der Waals surface area contributed by atoms with Crippen LogP contribution in [0.2, 0.25) is 0 Å². The minimum absolute atomic E-state index is 0.187. The lowest BCUT2D eigenvalue weighted by Crippen LogP contribution is -2.36. The molecule has 0 aromatic heterocycles. The molecule has 0 spiro atoms. The Kier molecular flexibility index (Phi) is 5.30. The van der Waals surface area contributed by atoms with Crippen LogP contribution < -0.4 is 11.1 Å². The highest BCUT2D eigenvalue weighted by Gasteiger charge is 2.20. The number of nitrogens with two attached hydrogens (primary N) is 1. The number of aromatic carboxylic acids is 1. The van der Waals surface area contributed by atoms with E-state index in [0.717, 1.165) is 0 Å². The molecule has 9 heteroatoms. The minimum atomic E-state index is -1.57. The van der Waals surface area contributed by atoms with E-state index in [0.29, 0.717) is 12.1 Å². The van der Waals surface area contributed by atoms with Gasteiger partial charge in [-0.1, -0.05) is 0 Å². The highest BCUT2D eigenvalue weighted by Crippen LogP contribution is 2.20. The number of anilines is 1. The molecule has 1 amide bonds. The molecule has 0 bridgehead atoms. The van der Waals surface area contributed by atoms with Gasteiger partial charge in [0.15, 0.2) is 11.6 Å². The second-order valence-electron chi connectivity index (χ2n) is 4.15. The lowest BCUT2D eigenvalue weighted by atomic mass is 10.1. The van der Waals surface area contributed by atoms with Crippen LogP contribution >= 0.6 is 0 Å². The number of carbonyl (C=O) groups is 3. The van der Waals surface area contributed by atoms with Crippen LogP contribution in [0.5, 0.6) is 0 Å².